The normalized spacial score (nSPS) is 11.3. The summed E-state index contributed by atoms with van der Waals surface area (Å²) in [5.41, 5.74) is 3.22. The Morgan fingerprint density at radius 3 is 2.79 bits per heavy atom. The van der Waals surface area contributed by atoms with Gasteiger partial charge in [0.25, 0.3) is 0 Å². The molecule has 0 saturated heterocycles. The average molecular weight is 344 g/mol. The molecular weight excluding hydrogens is 328 g/mol. The molecule has 24 heavy (non-hydrogen) atoms. The van der Waals surface area contributed by atoms with Crippen LogP contribution in [0.2, 0.25) is 0 Å². The minimum absolute atomic E-state index is 0.704. The molecule has 2 aromatic heterocycles. The number of hydrogen-bond acceptors (Lipinski definition) is 5. The van der Waals surface area contributed by atoms with Gasteiger partial charge in [0, 0.05) is 17.0 Å². The van der Waals surface area contributed by atoms with E-state index in [1.54, 1.807) is 20.3 Å². The summed E-state index contributed by atoms with van der Waals surface area (Å²) < 4.78 is 12.7. The number of imidazole rings is 1. The Morgan fingerprint density at radius 2 is 2.12 bits per heavy atom. The van der Waals surface area contributed by atoms with E-state index in [1.165, 1.54) is 11.3 Å². The lowest BCUT2D eigenvalue weighted by Crippen LogP contribution is -1.95. The van der Waals surface area contributed by atoms with Crippen LogP contribution < -0.4 is 9.47 Å². The maximum atomic E-state index is 10.9. The van der Waals surface area contributed by atoms with E-state index >= 15 is 0 Å². The lowest BCUT2D eigenvalue weighted by Gasteiger charge is -2.10. The fourth-order valence-corrected chi connectivity index (χ4v) is 3.47. The van der Waals surface area contributed by atoms with Crippen LogP contribution in [0.15, 0.2) is 29.7 Å². The Bertz CT molecular complexity index is 940. The summed E-state index contributed by atoms with van der Waals surface area (Å²) in [6.45, 7) is 1.85. The molecule has 3 aromatic rings. The standard InChI is InChI=1S/C17H16N2O4S/c1-10-13(5-7-16(20)21)19-14(9-24-17(19)18-10)12-8-11(22-2)4-6-15(12)23-3/h4-9H,1-3H3,(H,20,21)/b7-5+. The monoisotopic (exact) mass is 344 g/mol. The zero-order valence-corrected chi connectivity index (χ0v) is 14.3. The second kappa shape index (κ2) is 6.37. The van der Waals surface area contributed by atoms with Gasteiger partial charge in [-0.3, -0.25) is 4.40 Å². The minimum Gasteiger partial charge on any atom is -0.497 e. The molecule has 0 aliphatic carbocycles. The van der Waals surface area contributed by atoms with Crippen molar-refractivity contribution in [3.8, 4) is 22.8 Å². The van der Waals surface area contributed by atoms with Crippen molar-refractivity contribution in [2.45, 2.75) is 6.92 Å². The first-order valence-corrected chi connectivity index (χ1v) is 8.03. The predicted octanol–water partition coefficient (Wildman–Crippen LogP) is 3.49. The molecule has 0 amide bonds. The molecule has 1 N–H and O–H groups in total. The van der Waals surface area contributed by atoms with Crippen molar-refractivity contribution in [3.05, 3.63) is 41.0 Å². The highest BCUT2D eigenvalue weighted by atomic mass is 32.1. The zero-order valence-electron chi connectivity index (χ0n) is 13.4. The lowest BCUT2D eigenvalue weighted by atomic mass is 10.1. The van der Waals surface area contributed by atoms with Crippen molar-refractivity contribution in [1.82, 2.24) is 9.38 Å². The second-order valence-corrected chi connectivity index (χ2v) is 5.90. The van der Waals surface area contributed by atoms with Gasteiger partial charge in [0.1, 0.15) is 11.5 Å². The number of methoxy groups -OCH3 is 2. The molecule has 0 bridgehead atoms. The van der Waals surface area contributed by atoms with Crippen molar-refractivity contribution in [2.75, 3.05) is 14.2 Å². The summed E-state index contributed by atoms with van der Waals surface area (Å²) >= 11 is 1.48. The third-order valence-electron chi connectivity index (χ3n) is 3.65. The van der Waals surface area contributed by atoms with Gasteiger partial charge >= 0.3 is 5.97 Å². The van der Waals surface area contributed by atoms with E-state index < -0.39 is 5.97 Å². The molecule has 124 valence electrons. The first kappa shape index (κ1) is 16.1. The van der Waals surface area contributed by atoms with E-state index in [1.807, 2.05) is 34.9 Å². The van der Waals surface area contributed by atoms with Crippen LogP contribution in [-0.4, -0.2) is 34.7 Å². The maximum absolute atomic E-state index is 10.9. The molecule has 0 aliphatic rings. The van der Waals surface area contributed by atoms with E-state index in [4.69, 9.17) is 14.6 Å². The topological polar surface area (TPSA) is 73.1 Å². The Morgan fingerprint density at radius 1 is 1.33 bits per heavy atom. The number of ether oxygens (including phenoxy) is 2. The third-order valence-corrected chi connectivity index (χ3v) is 4.48. The number of aryl methyl sites for hydroxylation is 1. The SMILES string of the molecule is COc1ccc(OC)c(-c2csc3nc(C)c(/C=C/C(=O)O)n23)c1. The first-order valence-electron chi connectivity index (χ1n) is 7.15. The van der Waals surface area contributed by atoms with Crippen LogP contribution in [0, 0.1) is 6.92 Å². The first-order chi connectivity index (χ1) is 11.5. The van der Waals surface area contributed by atoms with Crippen molar-refractivity contribution in [3.63, 3.8) is 0 Å². The van der Waals surface area contributed by atoms with Crippen LogP contribution in [0.25, 0.3) is 22.3 Å². The molecule has 0 radical (unpaired) electrons. The van der Waals surface area contributed by atoms with Gasteiger partial charge in [-0.05, 0) is 31.2 Å². The molecule has 0 fully saturated rings. The van der Waals surface area contributed by atoms with Gasteiger partial charge in [-0.1, -0.05) is 0 Å². The summed E-state index contributed by atoms with van der Waals surface area (Å²) in [7, 11) is 3.22. The smallest absolute Gasteiger partial charge is 0.328 e. The molecule has 6 nitrogen and oxygen atoms in total. The quantitative estimate of drug-likeness (QED) is 0.717. The Kier molecular flexibility index (Phi) is 4.26. The minimum atomic E-state index is -1.000. The van der Waals surface area contributed by atoms with Crippen LogP contribution in [0.4, 0.5) is 0 Å². The number of aliphatic carboxylic acids is 1. The summed E-state index contributed by atoms with van der Waals surface area (Å²) in [6, 6.07) is 5.56. The number of aromatic nitrogens is 2. The van der Waals surface area contributed by atoms with Crippen LogP contribution in [0.3, 0.4) is 0 Å². The van der Waals surface area contributed by atoms with Crippen LogP contribution in [0.1, 0.15) is 11.4 Å². The summed E-state index contributed by atoms with van der Waals surface area (Å²) in [6.07, 6.45) is 2.67. The number of nitrogens with zero attached hydrogens (tertiary/aromatic N) is 2. The number of carbonyl (C=O) groups is 1. The number of rotatable bonds is 5. The molecule has 2 heterocycles. The summed E-state index contributed by atoms with van der Waals surface area (Å²) in [4.78, 5) is 16.2. The lowest BCUT2D eigenvalue weighted by molar-refractivity contribution is -0.131. The van der Waals surface area contributed by atoms with Gasteiger partial charge < -0.3 is 14.6 Å². The van der Waals surface area contributed by atoms with Gasteiger partial charge in [0.15, 0.2) is 4.96 Å². The molecule has 0 saturated carbocycles. The predicted molar refractivity (Wildman–Crippen MR) is 93.0 cm³/mol. The zero-order chi connectivity index (χ0) is 17.3. The van der Waals surface area contributed by atoms with Gasteiger partial charge in [0.2, 0.25) is 0 Å². The van der Waals surface area contributed by atoms with Crippen LogP contribution in [0.5, 0.6) is 11.5 Å². The highest BCUT2D eigenvalue weighted by Crippen LogP contribution is 2.37. The maximum Gasteiger partial charge on any atom is 0.328 e. The largest absolute Gasteiger partial charge is 0.497 e. The number of carboxylic acids is 1. The number of fused-ring (bicyclic) bond motifs is 1. The molecule has 0 spiro atoms. The number of carboxylic acid groups (broad SMARTS) is 1. The Hall–Kier alpha value is -2.80. The van der Waals surface area contributed by atoms with Crippen LogP contribution >= 0.6 is 11.3 Å². The molecule has 0 aliphatic heterocycles. The van der Waals surface area contributed by atoms with Crippen molar-refractivity contribution >= 4 is 28.3 Å². The van der Waals surface area contributed by atoms with Gasteiger partial charge in [0.05, 0.1) is 31.3 Å². The molecule has 3 rings (SSSR count). The van der Waals surface area contributed by atoms with Gasteiger partial charge in [-0.15, -0.1) is 11.3 Å². The number of thiazole rings is 1. The fraction of sp³-hybridized carbons (Fsp3) is 0.176. The Balaban J connectivity index is 2.26. The highest BCUT2D eigenvalue weighted by Gasteiger charge is 2.17. The van der Waals surface area contributed by atoms with Gasteiger partial charge in [-0.25, -0.2) is 9.78 Å². The summed E-state index contributed by atoms with van der Waals surface area (Å²) in [5, 5.41) is 10.9. The van der Waals surface area contributed by atoms with E-state index in [2.05, 4.69) is 4.98 Å². The second-order valence-electron chi connectivity index (χ2n) is 5.06. The fourth-order valence-electron chi connectivity index (χ4n) is 2.53. The van der Waals surface area contributed by atoms with Crippen LogP contribution in [-0.2, 0) is 4.79 Å². The Labute approximate surface area is 142 Å². The molecule has 7 heteroatoms. The molecular formula is C17H16N2O4S. The van der Waals surface area contributed by atoms with E-state index in [-0.39, 0.29) is 0 Å². The van der Waals surface area contributed by atoms with Crippen molar-refractivity contribution < 1.29 is 19.4 Å². The van der Waals surface area contributed by atoms with E-state index in [9.17, 15) is 4.79 Å². The summed E-state index contributed by atoms with van der Waals surface area (Å²) in [5.74, 6) is 0.416. The van der Waals surface area contributed by atoms with E-state index in [0.717, 1.165) is 33.7 Å². The number of hydrogen-bond donors (Lipinski definition) is 1. The molecule has 0 unspecified atom stereocenters. The third kappa shape index (κ3) is 2.74. The van der Waals surface area contributed by atoms with Gasteiger partial charge in [-0.2, -0.15) is 0 Å². The van der Waals surface area contributed by atoms with Crippen molar-refractivity contribution in [1.29, 1.82) is 0 Å². The average Bonchev–Trinajstić information content (AvgIpc) is 3.10. The van der Waals surface area contributed by atoms with E-state index in [0.29, 0.717) is 11.5 Å². The molecule has 1 aromatic carbocycles. The molecule has 0 atom stereocenters. The number of benzene rings is 1. The highest BCUT2D eigenvalue weighted by molar-refractivity contribution is 7.15. The van der Waals surface area contributed by atoms with Crippen molar-refractivity contribution in [2.24, 2.45) is 0 Å².